The molecule has 0 bridgehead atoms. The zero-order valence-corrected chi connectivity index (χ0v) is 15.9. The summed E-state index contributed by atoms with van der Waals surface area (Å²) in [5.74, 6) is -0.523. The van der Waals surface area contributed by atoms with E-state index in [9.17, 15) is 23.1 Å². The van der Waals surface area contributed by atoms with Crippen LogP contribution >= 0.6 is 0 Å². The van der Waals surface area contributed by atoms with Crippen LogP contribution in [0, 0.1) is 0 Å². The van der Waals surface area contributed by atoms with E-state index in [1.54, 1.807) is 12.1 Å². The van der Waals surface area contributed by atoms with E-state index >= 15 is 0 Å². The zero-order chi connectivity index (χ0) is 21.2. The first-order valence-corrected chi connectivity index (χ1v) is 8.87. The molecule has 0 saturated carbocycles. The SMILES string of the molecule is CN(C)c1cc(C(=O)NC[C@@H](O)c2cccc(C(F)(F)F)c2)nc2ccccc12. The van der Waals surface area contributed by atoms with Gasteiger partial charge in [0.05, 0.1) is 17.2 Å². The molecule has 0 aliphatic carbocycles. The second-order valence-electron chi connectivity index (χ2n) is 6.79. The van der Waals surface area contributed by atoms with Crippen LogP contribution in [0.5, 0.6) is 0 Å². The number of halogens is 3. The Morgan fingerprint density at radius 3 is 2.55 bits per heavy atom. The van der Waals surface area contributed by atoms with Gasteiger partial charge in [0.2, 0.25) is 0 Å². The van der Waals surface area contributed by atoms with E-state index in [0.29, 0.717) is 5.52 Å². The van der Waals surface area contributed by atoms with Crippen molar-refractivity contribution in [3.63, 3.8) is 0 Å². The number of carbonyl (C=O) groups excluding carboxylic acids is 1. The van der Waals surface area contributed by atoms with Crippen LogP contribution < -0.4 is 10.2 Å². The Bertz CT molecular complexity index is 1040. The van der Waals surface area contributed by atoms with Crippen LogP contribution in [-0.2, 0) is 6.18 Å². The van der Waals surface area contributed by atoms with Crippen molar-refractivity contribution in [2.45, 2.75) is 12.3 Å². The number of fused-ring (bicyclic) bond motifs is 1. The predicted molar refractivity (Wildman–Crippen MR) is 105 cm³/mol. The normalized spacial score (nSPS) is 12.6. The van der Waals surface area contributed by atoms with Crippen molar-refractivity contribution < 1.29 is 23.1 Å². The molecule has 5 nitrogen and oxygen atoms in total. The topological polar surface area (TPSA) is 65.5 Å². The molecule has 1 heterocycles. The molecule has 2 aromatic carbocycles. The minimum absolute atomic E-state index is 0.0700. The van der Waals surface area contributed by atoms with Crippen LogP contribution in [0.3, 0.4) is 0 Å². The number of aliphatic hydroxyl groups excluding tert-OH is 1. The summed E-state index contributed by atoms with van der Waals surface area (Å²) in [6.07, 6.45) is -5.79. The van der Waals surface area contributed by atoms with Gasteiger partial charge in [0.25, 0.3) is 5.91 Å². The number of benzene rings is 2. The standard InChI is InChI=1S/C21H20F3N3O2/c1-27(2)18-11-17(26-16-9-4-3-8-15(16)18)20(29)25-12-19(28)13-6-5-7-14(10-13)21(22,23)24/h3-11,19,28H,12H2,1-2H3,(H,25,29)/t19-/m1/s1. The molecule has 3 rings (SSSR count). The van der Waals surface area contributed by atoms with Crippen LogP contribution in [0.25, 0.3) is 10.9 Å². The fourth-order valence-corrected chi connectivity index (χ4v) is 2.96. The molecule has 0 unspecified atom stereocenters. The lowest BCUT2D eigenvalue weighted by atomic mass is 10.1. The predicted octanol–water partition coefficient (Wildman–Crippen LogP) is 3.78. The molecule has 0 spiro atoms. The zero-order valence-electron chi connectivity index (χ0n) is 15.9. The first-order valence-electron chi connectivity index (χ1n) is 8.87. The summed E-state index contributed by atoms with van der Waals surface area (Å²) in [5.41, 5.74) is 0.817. The lowest BCUT2D eigenvalue weighted by Crippen LogP contribution is -2.29. The average Bonchev–Trinajstić information content (AvgIpc) is 2.70. The summed E-state index contributed by atoms with van der Waals surface area (Å²) in [4.78, 5) is 18.7. The van der Waals surface area contributed by atoms with Crippen LogP contribution in [0.15, 0.2) is 54.6 Å². The van der Waals surface area contributed by atoms with Crippen molar-refractivity contribution in [3.05, 3.63) is 71.4 Å². The Morgan fingerprint density at radius 1 is 1.14 bits per heavy atom. The molecule has 1 amide bonds. The number of pyridine rings is 1. The van der Waals surface area contributed by atoms with Gasteiger partial charge in [-0.1, -0.05) is 30.3 Å². The molecular formula is C21H20F3N3O2. The molecule has 2 N–H and O–H groups in total. The summed E-state index contributed by atoms with van der Waals surface area (Å²) < 4.78 is 38.5. The van der Waals surface area contributed by atoms with Gasteiger partial charge in [0.1, 0.15) is 5.69 Å². The monoisotopic (exact) mass is 403 g/mol. The molecule has 0 fully saturated rings. The van der Waals surface area contributed by atoms with Crippen molar-refractivity contribution in [1.29, 1.82) is 0 Å². The van der Waals surface area contributed by atoms with Crippen LogP contribution in [-0.4, -0.2) is 36.6 Å². The minimum Gasteiger partial charge on any atom is -0.387 e. The smallest absolute Gasteiger partial charge is 0.387 e. The summed E-state index contributed by atoms with van der Waals surface area (Å²) in [5, 5.41) is 13.6. The number of nitrogens with zero attached hydrogens (tertiary/aromatic N) is 2. The third kappa shape index (κ3) is 4.65. The molecule has 1 atom stereocenters. The molecule has 0 saturated heterocycles. The molecular weight excluding hydrogens is 383 g/mol. The Balaban J connectivity index is 1.77. The highest BCUT2D eigenvalue weighted by atomic mass is 19.4. The second-order valence-corrected chi connectivity index (χ2v) is 6.79. The van der Waals surface area contributed by atoms with Gasteiger partial charge in [-0.3, -0.25) is 4.79 Å². The largest absolute Gasteiger partial charge is 0.416 e. The van der Waals surface area contributed by atoms with Crippen LogP contribution in [0.4, 0.5) is 18.9 Å². The lowest BCUT2D eigenvalue weighted by molar-refractivity contribution is -0.137. The summed E-state index contributed by atoms with van der Waals surface area (Å²) in [7, 11) is 3.70. The number of para-hydroxylation sites is 1. The number of anilines is 1. The second kappa shape index (κ2) is 8.08. The average molecular weight is 403 g/mol. The van der Waals surface area contributed by atoms with Crippen LogP contribution in [0.2, 0.25) is 0 Å². The molecule has 3 aromatic rings. The Hall–Kier alpha value is -3.13. The first-order chi connectivity index (χ1) is 13.7. The highest BCUT2D eigenvalue weighted by molar-refractivity contribution is 5.99. The fourth-order valence-electron chi connectivity index (χ4n) is 2.96. The minimum atomic E-state index is -4.50. The van der Waals surface area contributed by atoms with Gasteiger partial charge in [0.15, 0.2) is 0 Å². The van der Waals surface area contributed by atoms with E-state index in [-0.39, 0.29) is 17.8 Å². The van der Waals surface area contributed by atoms with Gasteiger partial charge in [-0.05, 0) is 29.8 Å². The van der Waals surface area contributed by atoms with Crippen molar-refractivity contribution >= 4 is 22.5 Å². The fraction of sp³-hybridized carbons (Fsp3) is 0.238. The van der Waals surface area contributed by atoms with E-state index in [2.05, 4.69) is 10.3 Å². The van der Waals surface area contributed by atoms with Gasteiger partial charge < -0.3 is 15.3 Å². The maximum atomic E-state index is 12.8. The van der Waals surface area contributed by atoms with E-state index in [1.807, 2.05) is 37.2 Å². The molecule has 152 valence electrons. The number of amides is 1. The Morgan fingerprint density at radius 2 is 1.86 bits per heavy atom. The van der Waals surface area contributed by atoms with E-state index in [0.717, 1.165) is 23.2 Å². The number of hydrogen-bond donors (Lipinski definition) is 2. The van der Waals surface area contributed by atoms with E-state index < -0.39 is 23.8 Å². The molecule has 8 heteroatoms. The number of carbonyl (C=O) groups is 1. The number of alkyl halides is 3. The molecule has 0 aliphatic rings. The highest BCUT2D eigenvalue weighted by Crippen LogP contribution is 2.30. The van der Waals surface area contributed by atoms with Gasteiger partial charge >= 0.3 is 6.18 Å². The quantitative estimate of drug-likeness (QED) is 0.681. The molecule has 0 radical (unpaired) electrons. The van der Waals surface area contributed by atoms with Gasteiger partial charge in [0, 0.05) is 31.7 Å². The van der Waals surface area contributed by atoms with Crippen LogP contribution in [0.1, 0.15) is 27.7 Å². The maximum absolute atomic E-state index is 12.8. The number of nitrogens with one attached hydrogen (secondary N) is 1. The van der Waals surface area contributed by atoms with Crippen molar-refractivity contribution in [1.82, 2.24) is 10.3 Å². The van der Waals surface area contributed by atoms with E-state index in [1.165, 1.54) is 12.1 Å². The summed E-state index contributed by atoms with van der Waals surface area (Å²) >= 11 is 0. The maximum Gasteiger partial charge on any atom is 0.416 e. The van der Waals surface area contributed by atoms with Gasteiger partial charge in [-0.15, -0.1) is 0 Å². The van der Waals surface area contributed by atoms with Gasteiger partial charge in [-0.25, -0.2) is 4.98 Å². The van der Waals surface area contributed by atoms with Crippen molar-refractivity contribution in [2.24, 2.45) is 0 Å². The van der Waals surface area contributed by atoms with Gasteiger partial charge in [-0.2, -0.15) is 13.2 Å². The molecule has 1 aromatic heterocycles. The summed E-state index contributed by atoms with van der Waals surface area (Å²) in [6, 6.07) is 13.4. The number of aliphatic hydroxyl groups is 1. The highest BCUT2D eigenvalue weighted by Gasteiger charge is 2.30. The third-order valence-corrected chi connectivity index (χ3v) is 4.46. The molecule has 0 aliphatic heterocycles. The number of rotatable bonds is 5. The Labute approximate surface area is 165 Å². The Kier molecular flexibility index (Phi) is 5.74. The number of aromatic nitrogens is 1. The van der Waals surface area contributed by atoms with Crippen molar-refractivity contribution in [3.8, 4) is 0 Å². The molecule has 29 heavy (non-hydrogen) atoms. The first kappa shape index (κ1) is 20.6. The van der Waals surface area contributed by atoms with E-state index in [4.69, 9.17) is 0 Å². The summed E-state index contributed by atoms with van der Waals surface area (Å²) in [6.45, 7) is -0.244. The lowest BCUT2D eigenvalue weighted by Gasteiger charge is -2.17. The van der Waals surface area contributed by atoms with Crippen molar-refractivity contribution in [2.75, 3.05) is 25.5 Å². The third-order valence-electron chi connectivity index (χ3n) is 4.46. The number of hydrogen-bond acceptors (Lipinski definition) is 4.